The van der Waals surface area contributed by atoms with Gasteiger partial charge in [0.2, 0.25) is 5.88 Å². The molecule has 0 radical (unpaired) electrons. The third kappa shape index (κ3) is 5.13. The Bertz CT molecular complexity index is 740. The lowest BCUT2D eigenvalue weighted by Crippen LogP contribution is -2.19. The van der Waals surface area contributed by atoms with Crippen LogP contribution in [0.1, 0.15) is 39.5 Å². The Kier molecular flexibility index (Phi) is 7.13. The number of ether oxygens (including phenoxy) is 3. The van der Waals surface area contributed by atoms with Crippen molar-refractivity contribution in [2.24, 2.45) is 0 Å². The van der Waals surface area contributed by atoms with Gasteiger partial charge in [-0.25, -0.2) is 14.2 Å². The molecule has 0 saturated carbocycles. The number of benzene rings is 1. The van der Waals surface area contributed by atoms with E-state index < -0.39 is 12.2 Å². The molecule has 7 heteroatoms. The van der Waals surface area contributed by atoms with Gasteiger partial charge in [-0.1, -0.05) is 38.3 Å². The molecule has 25 heavy (non-hydrogen) atoms. The SMILES string of the molecule is CCCCOC(=O)Oc1cc2cc(Cl)ccc2n1C(=O)OCCCC. The zero-order valence-electron chi connectivity index (χ0n) is 14.4. The molecule has 1 aromatic heterocycles. The van der Waals surface area contributed by atoms with Crippen LogP contribution >= 0.6 is 11.6 Å². The van der Waals surface area contributed by atoms with Crippen LogP contribution in [0.2, 0.25) is 5.02 Å². The molecule has 0 amide bonds. The van der Waals surface area contributed by atoms with E-state index in [0.29, 0.717) is 22.5 Å². The van der Waals surface area contributed by atoms with Gasteiger partial charge >= 0.3 is 12.2 Å². The van der Waals surface area contributed by atoms with Crippen LogP contribution in [0, 0.1) is 0 Å². The van der Waals surface area contributed by atoms with Crippen LogP contribution in [0.25, 0.3) is 10.9 Å². The fourth-order valence-electron chi connectivity index (χ4n) is 2.21. The van der Waals surface area contributed by atoms with Crippen molar-refractivity contribution in [1.82, 2.24) is 4.57 Å². The first-order valence-corrected chi connectivity index (χ1v) is 8.77. The van der Waals surface area contributed by atoms with E-state index in [1.807, 2.05) is 13.8 Å². The number of fused-ring (bicyclic) bond motifs is 1. The van der Waals surface area contributed by atoms with Crippen LogP contribution in [0.4, 0.5) is 9.59 Å². The molecule has 0 unspecified atom stereocenters. The number of halogens is 1. The number of rotatable bonds is 7. The molecule has 0 atom stereocenters. The molecule has 136 valence electrons. The lowest BCUT2D eigenvalue weighted by atomic mass is 10.2. The van der Waals surface area contributed by atoms with Crippen LogP contribution in [0.3, 0.4) is 0 Å². The van der Waals surface area contributed by atoms with Gasteiger partial charge in [0.05, 0.1) is 18.7 Å². The molecule has 0 saturated heterocycles. The van der Waals surface area contributed by atoms with Crippen molar-refractivity contribution in [3.05, 3.63) is 29.3 Å². The molecule has 1 heterocycles. The van der Waals surface area contributed by atoms with Gasteiger partial charge in [0, 0.05) is 16.5 Å². The zero-order chi connectivity index (χ0) is 18.2. The van der Waals surface area contributed by atoms with Crippen molar-refractivity contribution in [1.29, 1.82) is 0 Å². The summed E-state index contributed by atoms with van der Waals surface area (Å²) in [6.45, 7) is 4.55. The van der Waals surface area contributed by atoms with Crippen LogP contribution in [-0.4, -0.2) is 30.0 Å². The van der Waals surface area contributed by atoms with Crippen molar-refractivity contribution >= 4 is 34.8 Å². The van der Waals surface area contributed by atoms with Crippen LogP contribution in [0.15, 0.2) is 24.3 Å². The topological polar surface area (TPSA) is 66.8 Å². The van der Waals surface area contributed by atoms with Crippen molar-refractivity contribution < 1.29 is 23.8 Å². The van der Waals surface area contributed by atoms with E-state index >= 15 is 0 Å². The smallest absolute Gasteiger partial charge is 0.449 e. The molecule has 6 nitrogen and oxygen atoms in total. The molecule has 0 aliphatic rings. The maximum absolute atomic E-state index is 12.4. The minimum atomic E-state index is -0.857. The fraction of sp³-hybridized carbons (Fsp3) is 0.444. The van der Waals surface area contributed by atoms with Crippen LogP contribution in [0.5, 0.6) is 5.88 Å². The predicted molar refractivity (Wildman–Crippen MR) is 95.5 cm³/mol. The first-order valence-electron chi connectivity index (χ1n) is 8.39. The van der Waals surface area contributed by atoms with Crippen LogP contribution < -0.4 is 4.74 Å². The third-order valence-corrected chi connectivity index (χ3v) is 3.78. The van der Waals surface area contributed by atoms with E-state index in [4.69, 9.17) is 25.8 Å². The number of hydrogen-bond donors (Lipinski definition) is 0. The van der Waals surface area contributed by atoms with E-state index in [1.54, 1.807) is 24.3 Å². The van der Waals surface area contributed by atoms with Gasteiger partial charge in [0.25, 0.3) is 0 Å². The Hall–Kier alpha value is -2.21. The van der Waals surface area contributed by atoms with Crippen molar-refractivity contribution in [3.8, 4) is 5.88 Å². The standard InChI is InChI=1S/C18H22ClNO5/c1-3-5-9-23-17(21)20-15-8-7-14(19)11-13(15)12-16(20)25-18(22)24-10-6-4-2/h7-8,11-12H,3-6,9-10H2,1-2H3. The molecule has 0 bridgehead atoms. The average molecular weight is 368 g/mol. The van der Waals surface area contributed by atoms with Gasteiger partial charge < -0.3 is 14.2 Å². The first kappa shape index (κ1) is 19.1. The predicted octanol–water partition coefficient (Wildman–Crippen LogP) is 5.40. The summed E-state index contributed by atoms with van der Waals surface area (Å²) in [4.78, 5) is 24.2. The van der Waals surface area contributed by atoms with Crippen molar-refractivity contribution in [3.63, 3.8) is 0 Å². The van der Waals surface area contributed by atoms with Gasteiger partial charge in [-0.3, -0.25) is 0 Å². The summed E-state index contributed by atoms with van der Waals surface area (Å²) in [6, 6.07) is 6.57. The Labute approximate surface area is 151 Å². The summed E-state index contributed by atoms with van der Waals surface area (Å²) in [5.41, 5.74) is 0.544. The van der Waals surface area contributed by atoms with E-state index in [-0.39, 0.29) is 12.5 Å². The molecular weight excluding hydrogens is 346 g/mol. The Morgan fingerprint density at radius 3 is 2.40 bits per heavy atom. The number of unbranched alkanes of at least 4 members (excludes halogenated alkanes) is 2. The minimum absolute atomic E-state index is 0.0419. The van der Waals surface area contributed by atoms with E-state index in [0.717, 1.165) is 25.7 Å². The monoisotopic (exact) mass is 367 g/mol. The van der Waals surface area contributed by atoms with E-state index in [9.17, 15) is 9.59 Å². The highest BCUT2D eigenvalue weighted by Gasteiger charge is 2.20. The van der Waals surface area contributed by atoms with E-state index in [2.05, 4.69) is 0 Å². The fourth-order valence-corrected chi connectivity index (χ4v) is 2.39. The summed E-state index contributed by atoms with van der Waals surface area (Å²) in [5, 5.41) is 1.18. The molecule has 1 aromatic carbocycles. The van der Waals surface area contributed by atoms with Crippen molar-refractivity contribution in [2.75, 3.05) is 13.2 Å². The van der Waals surface area contributed by atoms with Gasteiger partial charge in [0.1, 0.15) is 0 Å². The highest BCUT2D eigenvalue weighted by atomic mass is 35.5. The lowest BCUT2D eigenvalue weighted by molar-refractivity contribution is 0.0941. The summed E-state index contributed by atoms with van der Waals surface area (Å²) >= 11 is 5.99. The highest BCUT2D eigenvalue weighted by Crippen LogP contribution is 2.28. The van der Waals surface area contributed by atoms with Gasteiger partial charge in [-0.2, -0.15) is 0 Å². The summed E-state index contributed by atoms with van der Waals surface area (Å²) in [7, 11) is 0. The second kappa shape index (κ2) is 9.32. The largest absolute Gasteiger partial charge is 0.515 e. The lowest BCUT2D eigenvalue weighted by Gasteiger charge is -2.10. The first-order chi connectivity index (χ1) is 12.1. The number of nitrogens with zero attached hydrogens (tertiary/aromatic N) is 1. The molecule has 0 spiro atoms. The number of hydrogen-bond acceptors (Lipinski definition) is 5. The molecule has 0 aliphatic carbocycles. The third-order valence-electron chi connectivity index (χ3n) is 3.54. The van der Waals surface area contributed by atoms with Gasteiger partial charge in [0.15, 0.2) is 0 Å². The zero-order valence-corrected chi connectivity index (χ0v) is 15.2. The maximum atomic E-state index is 12.4. The molecule has 0 N–H and O–H groups in total. The Morgan fingerprint density at radius 1 is 1.04 bits per heavy atom. The summed E-state index contributed by atoms with van der Waals surface area (Å²) < 4.78 is 16.6. The normalized spacial score (nSPS) is 10.7. The van der Waals surface area contributed by atoms with Crippen molar-refractivity contribution in [2.45, 2.75) is 39.5 Å². The number of aromatic nitrogens is 1. The quantitative estimate of drug-likeness (QED) is 0.484. The molecule has 0 aliphatic heterocycles. The Morgan fingerprint density at radius 2 is 1.72 bits per heavy atom. The maximum Gasteiger partial charge on any atom is 0.515 e. The molecule has 0 fully saturated rings. The number of carbonyl (C=O) groups excluding carboxylic acids is 2. The summed E-state index contributed by atoms with van der Waals surface area (Å²) in [5.74, 6) is 0.0419. The van der Waals surface area contributed by atoms with Gasteiger partial charge in [-0.05, 0) is 31.0 Å². The van der Waals surface area contributed by atoms with E-state index in [1.165, 1.54) is 4.57 Å². The minimum Gasteiger partial charge on any atom is -0.449 e. The summed E-state index contributed by atoms with van der Waals surface area (Å²) in [6.07, 6.45) is 1.84. The molecular formula is C18H22ClNO5. The second-order valence-electron chi connectivity index (χ2n) is 5.54. The number of carbonyl (C=O) groups is 2. The molecule has 2 aromatic rings. The van der Waals surface area contributed by atoms with Gasteiger partial charge in [-0.15, -0.1) is 0 Å². The highest BCUT2D eigenvalue weighted by molar-refractivity contribution is 6.31. The Balaban J connectivity index is 2.25. The van der Waals surface area contributed by atoms with Crippen LogP contribution in [-0.2, 0) is 9.47 Å². The molecule has 2 rings (SSSR count). The second-order valence-corrected chi connectivity index (χ2v) is 5.98. The average Bonchev–Trinajstić information content (AvgIpc) is 2.92.